The maximum atomic E-state index is 12.9. The molecule has 8 heteroatoms. The number of sulfonamides is 1. The van der Waals surface area contributed by atoms with Crippen LogP contribution in [-0.4, -0.2) is 55.8 Å². The quantitative estimate of drug-likeness (QED) is 0.749. The van der Waals surface area contributed by atoms with Gasteiger partial charge in [-0.1, -0.05) is 29.8 Å². The van der Waals surface area contributed by atoms with Crippen molar-refractivity contribution in [2.45, 2.75) is 24.8 Å². The van der Waals surface area contributed by atoms with Crippen LogP contribution in [0.4, 0.5) is 0 Å². The van der Waals surface area contributed by atoms with Crippen molar-refractivity contribution in [3.63, 3.8) is 0 Å². The number of carbonyl (C=O) groups is 1. The molecule has 0 aromatic heterocycles. The smallest absolute Gasteiger partial charge is 0.263 e. The largest absolute Gasteiger partial charge is 0.481 e. The second-order valence-electron chi connectivity index (χ2n) is 6.91. The number of nitriles is 1. The van der Waals surface area contributed by atoms with E-state index in [-0.39, 0.29) is 42.5 Å². The maximum Gasteiger partial charge on any atom is 0.263 e. The normalized spacial score (nSPS) is 16.1. The molecular formula is C21H23N3O4S. The molecule has 1 amide bonds. The average molecular weight is 413 g/mol. The first-order chi connectivity index (χ1) is 13.8. The van der Waals surface area contributed by atoms with Gasteiger partial charge in [-0.3, -0.25) is 4.79 Å². The number of amides is 1. The molecule has 29 heavy (non-hydrogen) atoms. The minimum absolute atomic E-state index is 0.00153. The van der Waals surface area contributed by atoms with Crippen molar-refractivity contribution < 1.29 is 17.9 Å². The van der Waals surface area contributed by atoms with Crippen molar-refractivity contribution in [2.75, 3.05) is 26.2 Å². The van der Waals surface area contributed by atoms with Gasteiger partial charge in [0.15, 0.2) is 6.10 Å². The highest BCUT2D eigenvalue weighted by atomic mass is 32.2. The Hall–Kier alpha value is -2.89. The van der Waals surface area contributed by atoms with Gasteiger partial charge in [-0.05, 0) is 38.1 Å². The molecular weight excluding hydrogens is 390 g/mol. The summed E-state index contributed by atoms with van der Waals surface area (Å²) in [6.45, 7) is 4.55. The van der Waals surface area contributed by atoms with Gasteiger partial charge >= 0.3 is 0 Å². The van der Waals surface area contributed by atoms with Crippen LogP contribution in [0.1, 0.15) is 18.1 Å². The standard InChI is InChI=1S/C21H23N3O4S/c1-16-7-9-19(10-8-16)28-17(2)21(25)23-11-13-24(14-12-23)29(26,27)20-6-4-3-5-18(20)15-22/h3-10,17H,11-14H2,1-2H3/t17-/m0/s1. The van der Waals surface area contributed by atoms with Gasteiger partial charge < -0.3 is 9.64 Å². The molecule has 0 radical (unpaired) electrons. The van der Waals surface area contributed by atoms with Crippen molar-refractivity contribution in [3.8, 4) is 11.8 Å². The molecule has 1 fully saturated rings. The molecule has 152 valence electrons. The first-order valence-corrected chi connectivity index (χ1v) is 10.8. The Morgan fingerprint density at radius 2 is 1.69 bits per heavy atom. The second kappa shape index (κ2) is 8.64. The van der Waals surface area contributed by atoms with Gasteiger partial charge in [-0.25, -0.2) is 8.42 Å². The van der Waals surface area contributed by atoms with E-state index in [9.17, 15) is 18.5 Å². The number of ether oxygens (including phenoxy) is 1. The van der Waals surface area contributed by atoms with E-state index < -0.39 is 16.1 Å². The average Bonchev–Trinajstić information content (AvgIpc) is 2.74. The third kappa shape index (κ3) is 4.58. The SMILES string of the molecule is Cc1ccc(O[C@@H](C)C(=O)N2CCN(S(=O)(=O)c3ccccc3C#N)CC2)cc1. The Morgan fingerprint density at radius 1 is 1.07 bits per heavy atom. The first kappa shape index (κ1) is 20.8. The molecule has 1 aliphatic heterocycles. The first-order valence-electron chi connectivity index (χ1n) is 9.34. The second-order valence-corrected chi connectivity index (χ2v) is 8.82. The highest BCUT2D eigenvalue weighted by Crippen LogP contribution is 2.21. The summed E-state index contributed by atoms with van der Waals surface area (Å²) in [5, 5.41) is 9.19. The summed E-state index contributed by atoms with van der Waals surface area (Å²) in [4.78, 5) is 14.3. The summed E-state index contributed by atoms with van der Waals surface area (Å²) in [6, 6.07) is 15.5. The van der Waals surface area contributed by atoms with Gasteiger partial charge in [-0.15, -0.1) is 0 Å². The summed E-state index contributed by atoms with van der Waals surface area (Å²) in [5.74, 6) is 0.436. The molecule has 0 aliphatic carbocycles. The highest BCUT2D eigenvalue weighted by Gasteiger charge is 2.33. The van der Waals surface area contributed by atoms with E-state index >= 15 is 0 Å². The van der Waals surface area contributed by atoms with Crippen molar-refractivity contribution in [1.29, 1.82) is 5.26 Å². The predicted octanol–water partition coefficient (Wildman–Crippen LogP) is 2.17. The molecule has 0 unspecified atom stereocenters. The number of hydrogen-bond acceptors (Lipinski definition) is 5. The number of piperazine rings is 1. The molecule has 0 saturated carbocycles. The van der Waals surface area contributed by atoms with Gasteiger partial charge in [0.25, 0.3) is 5.91 Å². The Kier molecular flexibility index (Phi) is 6.20. The van der Waals surface area contributed by atoms with Crippen LogP contribution in [0, 0.1) is 18.3 Å². The van der Waals surface area contributed by atoms with Gasteiger partial charge in [0.05, 0.1) is 10.5 Å². The highest BCUT2D eigenvalue weighted by molar-refractivity contribution is 7.89. The van der Waals surface area contributed by atoms with Crippen molar-refractivity contribution in [3.05, 3.63) is 59.7 Å². The van der Waals surface area contributed by atoms with Crippen LogP contribution in [0.5, 0.6) is 5.75 Å². The summed E-state index contributed by atoms with van der Waals surface area (Å²) >= 11 is 0. The van der Waals surface area contributed by atoms with Gasteiger partial charge in [-0.2, -0.15) is 9.57 Å². The number of hydrogen-bond donors (Lipinski definition) is 0. The van der Waals surface area contributed by atoms with Crippen molar-refractivity contribution >= 4 is 15.9 Å². The molecule has 2 aromatic carbocycles. The molecule has 0 spiro atoms. The van der Waals surface area contributed by atoms with Crippen LogP contribution in [0.15, 0.2) is 53.4 Å². The Balaban J connectivity index is 1.63. The lowest BCUT2D eigenvalue weighted by molar-refractivity contribution is -0.139. The summed E-state index contributed by atoms with van der Waals surface area (Å²) in [7, 11) is -3.79. The molecule has 7 nitrogen and oxygen atoms in total. The minimum atomic E-state index is -3.79. The lowest BCUT2D eigenvalue weighted by Crippen LogP contribution is -2.53. The zero-order valence-electron chi connectivity index (χ0n) is 16.4. The number of rotatable bonds is 5. The van der Waals surface area contributed by atoms with Gasteiger partial charge in [0.2, 0.25) is 10.0 Å². The molecule has 1 heterocycles. The zero-order valence-corrected chi connectivity index (χ0v) is 17.2. The third-order valence-corrected chi connectivity index (χ3v) is 6.81. The van der Waals surface area contributed by atoms with Crippen molar-refractivity contribution in [1.82, 2.24) is 9.21 Å². The fourth-order valence-electron chi connectivity index (χ4n) is 3.20. The van der Waals surface area contributed by atoms with E-state index in [0.29, 0.717) is 5.75 Å². The Labute approximate surface area is 171 Å². The van der Waals surface area contributed by atoms with Crippen LogP contribution < -0.4 is 4.74 Å². The molecule has 1 aliphatic rings. The summed E-state index contributed by atoms with van der Waals surface area (Å²) in [5.41, 5.74) is 1.22. The Morgan fingerprint density at radius 3 is 2.31 bits per heavy atom. The number of aryl methyl sites for hydroxylation is 1. The van der Waals surface area contributed by atoms with Gasteiger partial charge in [0.1, 0.15) is 11.8 Å². The van der Waals surface area contributed by atoms with Crippen LogP contribution >= 0.6 is 0 Å². The third-order valence-electron chi connectivity index (χ3n) is 4.86. The molecule has 3 rings (SSSR count). The lowest BCUT2D eigenvalue weighted by atomic mass is 10.2. The van der Waals surface area contributed by atoms with E-state index in [1.807, 2.05) is 37.3 Å². The number of benzene rings is 2. The molecule has 1 atom stereocenters. The molecule has 0 N–H and O–H groups in total. The van der Waals surface area contributed by atoms with Crippen LogP contribution in [-0.2, 0) is 14.8 Å². The van der Waals surface area contributed by atoms with E-state index in [2.05, 4.69) is 0 Å². The topological polar surface area (TPSA) is 90.7 Å². The van der Waals surface area contributed by atoms with E-state index in [0.717, 1.165) is 5.56 Å². The minimum Gasteiger partial charge on any atom is -0.481 e. The number of carbonyl (C=O) groups excluding carboxylic acids is 1. The van der Waals surface area contributed by atoms with E-state index in [4.69, 9.17) is 4.74 Å². The zero-order chi connectivity index (χ0) is 21.0. The van der Waals surface area contributed by atoms with Crippen LogP contribution in [0.25, 0.3) is 0 Å². The monoisotopic (exact) mass is 413 g/mol. The van der Waals surface area contributed by atoms with E-state index in [1.165, 1.54) is 16.4 Å². The fourth-order valence-corrected chi connectivity index (χ4v) is 4.76. The summed E-state index contributed by atoms with van der Waals surface area (Å²) < 4.78 is 32.8. The fraction of sp³-hybridized carbons (Fsp3) is 0.333. The predicted molar refractivity (Wildman–Crippen MR) is 108 cm³/mol. The van der Waals surface area contributed by atoms with Crippen molar-refractivity contribution in [2.24, 2.45) is 0 Å². The summed E-state index contributed by atoms with van der Waals surface area (Å²) in [6.07, 6.45) is -0.667. The lowest BCUT2D eigenvalue weighted by Gasteiger charge is -2.35. The molecule has 2 aromatic rings. The van der Waals surface area contributed by atoms with E-state index in [1.54, 1.807) is 24.0 Å². The molecule has 1 saturated heterocycles. The van der Waals surface area contributed by atoms with Crippen LogP contribution in [0.3, 0.4) is 0 Å². The number of nitrogens with zero attached hydrogens (tertiary/aromatic N) is 3. The molecule has 0 bridgehead atoms. The maximum absolute atomic E-state index is 12.9. The van der Waals surface area contributed by atoms with Gasteiger partial charge in [0, 0.05) is 26.2 Å². The Bertz CT molecular complexity index is 1020. The van der Waals surface area contributed by atoms with Crippen LogP contribution in [0.2, 0.25) is 0 Å².